The van der Waals surface area contributed by atoms with Gasteiger partial charge in [0.05, 0.1) is 49.2 Å². The molecule has 1 fully saturated rings. The van der Waals surface area contributed by atoms with Gasteiger partial charge in [0.25, 0.3) is 0 Å². The fraction of sp³-hybridized carbons (Fsp3) is 0.818. The second kappa shape index (κ2) is 23.4. The van der Waals surface area contributed by atoms with Crippen molar-refractivity contribution in [2.75, 3.05) is 105 Å². The van der Waals surface area contributed by atoms with Gasteiger partial charge in [-0.2, -0.15) is 0 Å². The second-order valence-corrected chi connectivity index (χ2v) is 9.22. The topological polar surface area (TPSA) is 237 Å². The number of nitrogens with zero attached hydrogens (tertiary/aromatic N) is 5. The molecule has 0 aromatic rings. The molecule has 1 heterocycles. The SMILES string of the molecule is O=C([O-])CN1CCN(CC(=O)[O-])CCN(CC(O)CN(CC(=O)[O-])C(CO)CO)CCN(CC(=O)[O-])CC1.[Gd+3].[Na+]. The van der Waals surface area contributed by atoms with Crippen LogP contribution in [-0.4, -0.2) is 181 Å². The number of carboxylic acids is 4. The van der Waals surface area contributed by atoms with Crippen molar-refractivity contribution in [2.45, 2.75) is 12.1 Å². The zero-order chi connectivity index (χ0) is 28.7. The number of aliphatic carboxylic acids is 4. The van der Waals surface area contributed by atoms with Crippen LogP contribution < -0.4 is 50.0 Å². The molecule has 1 aliphatic heterocycles. The van der Waals surface area contributed by atoms with Crippen LogP contribution in [0.5, 0.6) is 0 Å². The van der Waals surface area contributed by atoms with Gasteiger partial charge in [-0.25, -0.2) is 0 Å². The van der Waals surface area contributed by atoms with E-state index < -0.39 is 75.4 Å². The molecule has 0 bridgehead atoms. The number of carbonyl (C=O) groups excluding carboxylic acids is 4. The minimum atomic E-state index is -1.46. The quantitative estimate of drug-likeness (QED) is 0.133. The molecule has 16 nitrogen and oxygen atoms in total. The third kappa shape index (κ3) is 19.1. The predicted molar refractivity (Wildman–Crippen MR) is 121 cm³/mol. The molecule has 0 saturated carbocycles. The summed E-state index contributed by atoms with van der Waals surface area (Å²) in [5.74, 6) is -5.44. The van der Waals surface area contributed by atoms with Crippen LogP contribution in [-0.2, 0) is 19.2 Å². The summed E-state index contributed by atoms with van der Waals surface area (Å²) < 4.78 is 0. The van der Waals surface area contributed by atoms with Gasteiger partial charge >= 0.3 is 69.5 Å². The molecule has 0 aliphatic carbocycles. The van der Waals surface area contributed by atoms with Gasteiger partial charge in [0.2, 0.25) is 0 Å². The Hall–Kier alpha value is -0.115. The molecule has 0 aromatic heterocycles. The summed E-state index contributed by atoms with van der Waals surface area (Å²) in [4.78, 5) is 52.3. The average Bonchev–Trinajstić information content (AvgIpc) is 2.80. The van der Waals surface area contributed by atoms with Crippen molar-refractivity contribution in [3.63, 3.8) is 0 Å². The third-order valence-corrected chi connectivity index (χ3v) is 6.17. The second-order valence-electron chi connectivity index (χ2n) is 9.22. The molecule has 1 aliphatic rings. The number of hydrogen-bond acceptors (Lipinski definition) is 16. The number of hydrogen-bond donors (Lipinski definition) is 3. The summed E-state index contributed by atoms with van der Waals surface area (Å²) in [6.45, 7) is -1.68. The summed E-state index contributed by atoms with van der Waals surface area (Å²) >= 11 is 0. The molecule has 0 amide bonds. The van der Waals surface area contributed by atoms with E-state index in [2.05, 4.69) is 0 Å². The first-order chi connectivity index (χ1) is 17.9. The fourth-order valence-corrected chi connectivity index (χ4v) is 4.21. The molecule has 0 spiro atoms. The first-order valence-electron chi connectivity index (χ1n) is 12.3. The van der Waals surface area contributed by atoms with Gasteiger partial charge in [0.15, 0.2) is 0 Å². The standard InChI is InChI=1S/C22H41N5O11.Gd.Na/c28-15-17(16-29)27(14-22(37)38)10-18(30)9-23-1-3-24(11-19(31)32)5-7-26(13-21(35)36)8-6-25(4-2-23)12-20(33)34;;/h17-18,28-30H,1-16H2,(H,31,32)(H,33,34)(H,35,36)(H,37,38);;/q;+3;+1/p-4. The van der Waals surface area contributed by atoms with Gasteiger partial charge in [-0.05, 0) is 0 Å². The van der Waals surface area contributed by atoms with E-state index in [1.54, 1.807) is 14.7 Å². The van der Waals surface area contributed by atoms with E-state index in [4.69, 9.17) is 0 Å². The molecule has 1 rings (SSSR count). The van der Waals surface area contributed by atoms with Crippen LogP contribution in [0, 0.1) is 39.9 Å². The van der Waals surface area contributed by atoms with E-state index in [0.717, 1.165) is 0 Å². The molecule has 40 heavy (non-hydrogen) atoms. The van der Waals surface area contributed by atoms with Crippen LogP contribution in [0.1, 0.15) is 0 Å². The molecule has 18 heteroatoms. The van der Waals surface area contributed by atoms with Gasteiger partial charge in [-0.3, -0.25) is 24.5 Å². The van der Waals surface area contributed by atoms with Crippen LogP contribution in [0.3, 0.4) is 0 Å². The zero-order valence-corrected chi connectivity index (χ0v) is 26.9. The number of aliphatic hydroxyl groups excluding tert-OH is 3. The largest absolute Gasteiger partial charge is 3.00 e. The van der Waals surface area contributed by atoms with Gasteiger partial charge in [0.1, 0.15) is 0 Å². The van der Waals surface area contributed by atoms with Crippen LogP contribution in [0.25, 0.3) is 0 Å². The zero-order valence-electron chi connectivity index (χ0n) is 22.7. The van der Waals surface area contributed by atoms with Gasteiger partial charge in [0, 0.05) is 91.6 Å². The van der Waals surface area contributed by atoms with Crippen molar-refractivity contribution >= 4 is 23.9 Å². The van der Waals surface area contributed by atoms with E-state index in [9.17, 15) is 54.9 Å². The number of β-amino-alcohol motifs (C(OH)–C–C–N with tert-alkyl or cyclic N) is 1. The summed E-state index contributed by atoms with van der Waals surface area (Å²) in [5.41, 5.74) is 0. The average molecular weight is 728 g/mol. The van der Waals surface area contributed by atoms with Crippen LogP contribution in [0.2, 0.25) is 0 Å². The first-order valence-corrected chi connectivity index (χ1v) is 12.3. The Kier molecular flexibility index (Phi) is 24.5. The number of carboxylic acid groups (broad SMARTS) is 4. The molecule has 3 N–H and O–H groups in total. The summed E-state index contributed by atoms with van der Waals surface area (Å²) in [6, 6.07) is -0.935. The molecule has 1 unspecified atom stereocenters. The Labute approximate surface area is 287 Å². The number of carbonyl (C=O) groups is 4. The third-order valence-electron chi connectivity index (χ3n) is 6.17. The Bertz CT molecular complexity index is 737. The van der Waals surface area contributed by atoms with Gasteiger partial charge in [-0.1, -0.05) is 0 Å². The van der Waals surface area contributed by atoms with Gasteiger partial charge < -0.3 is 54.9 Å². The Morgan fingerprint density at radius 2 is 0.975 bits per heavy atom. The van der Waals surface area contributed by atoms with Crippen molar-refractivity contribution in [1.29, 1.82) is 0 Å². The Balaban J connectivity index is 0. The molecule has 0 aromatic carbocycles. The number of rotatable bonds is 15. The van der Waals surface area contributed by atoms with Crippen molar-refractivity contribution in [2.24, 2.45) is 0 Å². The summed E-state index contributed by atoms with van der Waals surface area (Å²) in [5, 5.41) is 74.3. The molecule has 1 radical (unpaired) electrons. The maximum absolute atomic E-state index is 11.2. The summed E-state index contributed by atoms with van der Waals surface area (Å²) in [7, 11) is 0. The van der Waals surface area contributed by atoms with Crippen molar-refractivity contribution in [3.8, 4) is 0 Å². The Morgan fingerprint density at radius 3 is 1.25 bits per heavy atom. The van der Waals surface area contributed by atoms with E-state index in [0.29, 0.717) is 0 Å². The monoisotopic (exact) mass is 728 g/mol. The predicted octanol–water partition coefficient (Wildman–Crippen LogP) is -12.8. The van der Waals surface area contributed by atoms with E-state index in [1.807, 2.05) is 0 Å². The maximum Gasteiger partial charge on any atom is 3.00 e. The van der Waals surface area contributed by atoms with E-state index >= 15 is 0 Å². The minimum absolute atomic E-state index is 0. The van der Waals surface area contributed by atoms with Crippen molar-refractivity contribution < 1.29 is 124 Å². The fourth-order valence-electron chi connectivity index (χ4n) is 4.21. The van der Waals surface area contributed by atoms with Crippen LogP contribution >= 0.6 is 0 Å². The molecular formula is C22H37GdN5NaO11. The van der Waals surface area contributed by atoms with Crippen molar-refractivity contribution in [3.05, 3.63) is 0 Å². The molecule has 1 atom stereocenters. The smallest absolute Gasteiger partial charge is 0.549 e. The van der Waals surface area contributed by atoms with E-state index in [-0.39, 0.29) is 135 Å². The van der Waals surface area contributed by atoms with Crippen LogP contribution in [0.4, 0.5) is 0 Å². The molecule has 225 valence electrons. The van der Waals surface area contributed by atoms with E-state index in [1.165, 1.54) is 9.80 Å². The summed E-state index contributed by atoms with van der Waals surface area (Å²) in [6.07, 6.45) is -1.15. The Morgan fingerprint density at radius 1 is 0.650 bits per heavy atom. The van der Waals surface area contributed by atoms with Gasteiger partial charge in [-0.15, -0.1) is 0 Å². The maximum atomic E-state index is 11.2. The molecule has 1 saturated heterocycles. The van der Waals surface area contributed by atoms with Crippen molar-refractivity contribution in [1.82, 2.24) is 24.5 Å². The molecular weight excluding hydrogens is 691 g/mol. The normalized spacial score (nSPS) is 17.7. The van der Waals surface area contributed by atoms with Crippen LogP contribution in [0.15, 0.2) is 0 Å². The minimum Gasteiger partial charge on any atom is -0.549 e. The first kappa shape index (κ1) is 42.0. The number of aliphatic hydroxyl groups is 3.